The number of aromatic hydroxyl groups is 1. The first-order valence-electron chi connectivity index (χ1n) is 8.80. The van der Waals surface area contributed by atoms with E-state index in [1.54, 1.807) is 13.1 Å². The highest BCUT2D eigenvalue weighted by molar-refractivity contribution is 14.0. The molecule has 0 aliphatic carbocycles. The van der Waals surface area contributed by atoms with Crippen LogP contribution in [0.25, 0.3) is 0 Å². The first-order chi connectivity index (χ1) is 12.7. The van der Waals surface area contributed by atoms with Crippen LogP contribution >= 0.6 is 24.0 Å². The molecule has 146 valence electrons. The number of nitrogens with zero attached hydrogens (tertiary/aromatic N) is 2. The van der Waals surface area contributed by atoms with E-state index in [-0.39, 0.29) is 35.8 Å². The maximum atomic E-state index is 13.4. The van der Waals surface area contributed by atoms with Gasteiger partial charge in [0.2, 0.25) is 0 Å². The summed E-state index contributed by atoms with van der Waals surface area (Å²) in [6, 6.07) is 14.3. The number of phenolic OH excluding ortho intramolecular Hbond substituents is 1. The van der Waals surface area contributed by atoms with Crippen LogP contribution in [-0.2, 0) is 6.54 Å². The molecular formula is C20H25FIN3O2. The molecule has 0 bridgehead atoms. The van der Waals surface area contributed by atoms with Crippen LogP contribution in [0.15, 0.2) is 53.5 Å². The monoisotopic (exact) mass is 485 g/mol. The molecule has 0 unspecified atom stereocenters. The van der Waals surface area contributed by atoms with Crippen LogP contribution in [0.4, 0.5) is 4.39 Å². The fraction of sp³-hybridized carbons (Fsp3) is 0.350. The van der Waals surface area contributed by atoms with Crippen LogP contribution in [0.5, 0.6) is 11.5 Å². The molecule has 2 aromatic carbocycles. The van der Waals surface area contributed by atoms with E-state index in [0.29, 0.717) is 6.54 Å². The minimum atomic E-state index is -0.613. The predicted molar refractivity (Wildman–Crippen MR) is 115 cm³/mol. The highest BCUT2D eigenvalue weighted by Gasteiger charge is 2.22. The third kappa shape index (κ3) is 5.98. The molecule has 1 aliphatic heterocycles. The summed E-state index contributed by atoms with van der Waals surface area (Å²) >= 11 is 0. The molecule has 1 fully saturated rings. The lowest BCUT2D eigenvalue weighted by Gasteiger charge is -2.34. The molecule has 0 aromatic heterocycles. The number of nitrogens with one attached hydrogen (secondary N) is 1. The summed E-state index contributed by atoms with van der Waals surface area (Å²) < 4.78 is 19.4. The molecule has 7 heteroatoms. The van der Waals surface area contributed by atoms with Crippen LogP contribution < -0.4 is 10.1 Å². The minimum absolute atomic E-state index is 0. The average Bonchev–Trinajstić information content (AvgIpc) is 2.67. The molecule has 0 radical (unpaired) electrons. The van der Waals surface area contributed by atoms with Gasteiger partial charge >= 0.3 is 0 Å². The van der Waals surface area contributed by atoms with Gasteiger partial charge in [-0.2, -0.15) is 0 Å². The number of hydrogen-bond acceptors (Lipinski definition) is 3. The van der Waals surface area contributed by atoms with Crippen molar-refractivity contribution in [2.24, 2.45) is 4.99 Å². The van der Waals surface area contributed by atoms with Crippen LogP contribution in [0.3, 0.4) is 0 Å². The van der Waals surface area contributed by atoms with E-state index in [4.69, 9.17) is 4.74 Å². The average molecular weight is 485 g/mol. The van der Waals surface area contributed by atoms with Crippen molar-refractivity contribution in [3.8, 4) is 11.5 Å². The highest BCUT2D eigenvalue weighted by Crippen LogP contribution is 2.19. The number of piperidine rings is 1. The Hall–Kier alpha value is -2.03. The lowest BCUT2D eigenvalue weighted by Crippen LogP contribution is -2.47. The molecule has 2 N–H and O–H groups in total. The maximum Gasteiger partial charge on any atom is 0.193 e. The van der Waals surface area contributed by atoms with Gasteiger partial charge < -0.3 is 20.1 Å². The van der Waals surface area contributed by atoms with Gasteiger partial charge in [-0.1, -0.05) is 24.3 Å². The second kappa shape index (κ2) is 10.3. The lowest BCUT2D eigenvalue weighted by atomic mass is 10.1. The van der Waals surface area contributed by atoms with Crippen LogP contribution in [0.1, 0.15) is 18.4 Å². The Kier molecular flexibility index (Phi) is 8.15. The summed E-state index contributed by atoms with van der Waals surface area (Å²) in [5, 5.41) is 12.5. The fourth-order valence-electron chi connectivity index (χ4n) is 3.05. The number of halogens is 2. The number of hydrogen-bond donors (Lipinski definition) is 2. The Balaban J connectivity index is 0.00000261. The summed E-state index contributed by atoms with van der Waals surface area (Å²) in [4.78, 5) is 6.51. The molecule has 0 amide bonds. The van der Waals surface area contributed by atoms with Crippen molar-refractivity contribution in [1.82, 2.24) is 10.2 Å². The molecule has 1 saturated heterocycles. The molecule has 2 aromatic rings. The minimum Gasteiger partial charge on any atom is -0.505 e. The van der Waals surface area contributed by atoms with Gasteiger partial charge in [0, 0.05) is 39.5 Å². The zero-order valence-electron chi connectivity index (χ0n) is 15.3. The quantitative estimate of drug-likeness (QED) is 0.394. The number of para-hydroxylation sites is 1. The normalized spacial score (nSPS) is 15.2. The largest absolute Gasteiger partial charge is 0.505 e. The van der Waals surface area contributed by atoms with E-state index in [9.17, 15) is 9.50 Å². The van der Waals surface area contributed by atoms with Gasteiger partial charge in [-0.25, -0.2) is 4.39 Å². The van der Waals surface area contributed by atoms with Gasteiger partial charge in [-0.05, 0) is 29.8 Å². The van der Waals surface area contributed by atoms with Crippen molar-refractivity contribution in [3.63, 3.8) is 0 Å². The third-order valence-electron chi connectivity index (χ3n) is 4.46. The fourth-order valence-corrected chi connectivity index (χ4v) is 3.05. The summed E-state index contributed by atoms with van der Waals surface area (Å²) in [6.45, 7) is 2.15. The molecule has 3 rings (SSSR count). The van der Waals surface area contributed by atoms with Crippen molar-refractivity contribution in [1.29, 1.82) is 0 Å². The van der Waals surface area contributed by atoms with Gasteiger partial charge in [-0.3, -0.25) is 4.99 Å². The van der Waals surface area contributed by atoms with Gasteiger partial charge in [0.1, 0.15) is 11.9 Å². The number of rotatable bonds is 4. The highest BCUT2D eigenvalue weighted by atomic mass is 127. The van der Waals surface area contributed by atoms with Crippen molar-refractivity contribution >= 4 is 29.9 Å². The van der Waals surface area contributed by atoms with Crippen molar-refractivity contribution in [2.75, 3.05) is 20.1 Å². The standard InChI is InChI=1S/C20H24FN3O2.HI/c1-22-20(23-14-15-7-8-19(25)18(21)13-15)24-11-9-17(10-12-24)26-16-5-3-2-4-6-16;/h2-8,13,17,25H,9-12,14H2,1H3,(H,22,23);1H. The second-order valence-electron chi connectivity index (χ2n) is 6.30. The number of phenols is 1. The molecule has 1 heterocycles. The first-order valence-corrected chi connectivity index (χ1v) is 8.80. The Bertz CT molecular complexity index is 750. The molecule has 0 saturated carbocycles. The van der Waals surface area contributed by atoms with Crippen molar-refractivity contribution in [2.45, 2.75) is 25.5 Å². The van der Waals surface area contributed by atoms with Crippen LogP contribution in [-0.4, -0.2) is 42.2 Å². The molecule has 1 aliphatic rings. The van der Waals surface area contributed by atoms with E-state index in [1.165, 1.54) is 12.1 Å². The molecule has 0 atom stereocenters. The number of aliphatic imine (C=N–C) groups is 1. The second-order valence-corrected chi connectivity index (χ2v) is 6.30. The third-order valence-corrected chi connectivity index (χ3v) is 4.46. The number of likely N-dealkylation sites (tertiary alicyclic amines) is 1. The van der Waals surface area contributed by atoms with E-state index >= 15 is 0 Å². The Morgan fingerprint density at radius 2 is 1.93 bits per heavy atom. The number of benzene rings is 2. The molecular weight excluding hydrogens is 460 g/mol. The van der Waals surface area contributed by atoms with Crippen LogP contribution in [0.2, 0.25) is 0 Å². The van der Waals surface area contributed by atoms with E-state index < -0.39 is 5.82 Å². The topological polar surface area (TPSA) is 57.1 Å². The summed E-state index contributed by atoms with van der Waals surface area (Å²) in [7, 11) is 1.74. The van der Waals surface area contributed by atoms with E-state index in [1.807, 2.05) is 30.3 Å². The van der Waals surface area contributed by atoms with E-state index in [0.717, 1.165) is 43.2 Å². The Labute approximate surface area is 176 Å². The Morgan fingerprint density at radius 1 is 1.22 bits per heavy atom. The van der Waals surface area contributed by atoms with Crippen LogP contribution in [0, 0.1) is 5.82 Å². The van der Waals surface area contributed by atoms with Crippen molar-refractivity contribution < 1.29 is 14.2 Å². The summed E-state index contributed by atoms with van der Waals surface area (Å²) in [5.74, 6) is 0.747. The van der Waals surface area contributed by atoms with Gasteiger partial charge in [0.05, 0.1) is 0 Å². The van der Waals surface area contributed by atoms with Crippen molar-refractivity contribution in [3.05, 3.63) is 59.9 Å². The molecule has 27 heavy (non-hydrogen) atoms. The SMILES string of the molecule is CN=C(NCc1ccc(O)c(F)c1)N1CCC(Oc2ccccc2)CC1.I. The summed E-state index contributed by atoms with van der Waals surface area (Å²) in [6.07, 6.45) is 2.05. The predicted octanol–water partition coefficient (Wildman–Crippen LogP) is 3.77. The Morgan fingerprint density at radius 3 is 2.56 bits per heavy atom. The van der Waals surface area contributed by atoms with Gasteiger partial charge in [0.25, 0.3) is 0 Å². The first kappa shape index (κ1) is 21.3. The van der Waals surface area contributed by atoms with Gasteiger partial charge in [0.15, 0.2) is 17.5 Å². The smallest absolute Gasteiger partial charge is 0.193 e. The summed E-state index contributed by atoms with van der Waals surface area (Å²) in [5.41, 5.74) is 0.753. The lowest BCUT2D eigenvalue weighted by molar-refractivity contribution is 0.129. The number of ether oxygens (including phenoxy) is 1. The number of guanidine groups is 1. The molecule has 5 nitrogen and oxygen atoms in total. The molecule has 0 spiro atoms. The van der Waals surface area contributed by atoms with Gasteiger partial charge in [-0.15, -0.1) is 24.0 Å². The zero-order chi connectivity index (χ0) is 18.4. The zero-order valence-corrected chi connectivity index (χ0v) is 17.6. The maximum absolute atomic E-state index is 13.4. The van der Waals surface area contributed by atoms with E-state index in [2.05, 4.69) is 15.2 Å².